The molecule has 0 radical (unpaired) electrons. The van der Waals surface area contributed by atoms with E-state index in [9.17, 15) is 0 Å². The quantitative estimate of drug-likeness (QED) is 0.617. The number of rotatable bonds is 5. The van der Waals surface area contributed by atoms with E-state index < -0.39 is 0 Å². The average Bonchev–Trinajstić information content (AvgIpc) is 2.80. The van der Waals surface area contributed by atoms with Gasteiger partial charge in [-0.05, 0) is 18.4 Å². The molecule has 1 aliphatic carbocycles. The highest BCUT2D eigenvalue weighted by Gasteiger charge is 2.32. The molecule has 2 rings (SSSR count). The molecule has 0 bridgehead atoms. The Balaban J connectivity index is 1.90. The third kappa shape index (κ3) is 3.65. The molecule has 1 heterocycles. The van der Waals surface area contributed by atoms with Gasteiger partial charge in [-0.1, -0.05) is 30.9 Å². The highest BCUT2D eigenvalue weighted by atomic mass is 15.3. The van der Waals surface area contributed by atoms with Gasteiger partial charge < -0.3 is 5.73 Å². The van der Waals surface area contributed by atoms with Crippen LogP contribution in [0.25, 0.3) is 0 Å². The van der Waals surface area contributed by atoms with Crippen molar-refractivity contribution in [3.05, 3.63) is 36.5 Å². The van der Waals surface area contributed by atoms with Gasteiger partial charge >= 0.3 is 0 Å². The zero-order valence-corrected chi connectivity index (χ0v) is 13.0. The number of hydrogen-bond donors (Lipinski definition) is 1. The van der Waals surface area contributed by atoms with Gasteiger partial charge in [0.25, 0.3) is 0 Å². The van der Waals surface area contributed by atoms with Gasteiger partial charge in [0.15, 0.2) is 0 Å². The molecule has 1 saturated carbocycles. The monoisotopic (exact) mass is 285 g/mol. The summed E-state index contributed by atoms with van der Waals surface area (Å²) in [6, 6.07) is 0.704. The Kier molecular flexibility index (Phi) is 5.41. The van der Waals surface area contributed by atoms with Crippen molar-refractivity contribution in [3.63, 3.8) is 0 Å². The van der Waals surface area contributed by atoms with Crippen molar-refractivity contribution in [2.45, 2.75) is 31.3 Å². The van der Waals surface area contributed by atoms with Crippen molar-refractivity contribution in [3.8, 4) is 12.3 Å². The molecule has 0 aromatic rings. The van der Waals surface area contributed by atoms with Gasteiger partial charge in [0, 0.05) is 51.2 Å². The van der Waals surface area contributed by atoms with Gasteiger partial charge in [0.1, 0.15) is 0 Å². The summed E-state index contributed by atoms with van der Waals surface area (Å²) in [4.78, 5) is 4.96. The number of nitrogens with zero attached hydrogens (tertiary/aromatic N) is 2. The Morgan fingerprint density at radius 3 is 2.48 bits per heavy atom. The van der Waals surface area contributed by atoms with E-state index in [0.29, 0.717) is 19.0 Å². The van der Waals surface area contributed by atoms with Crippen molar-refractivity contribution in [2.75, 3.05) is 32.7 Å². The zero-order chi connectivity index (χ0) is 15.4. The van der Waals surface area contributed by atoms with E-state index in [2.05, 4.69) is 35.5 Å². The van der Waals surface area contributed by atoms with Crippen LogP contribution in [0.3, 0.4) is 0 Å². The number of piperazine rings is 1. The summed E-state index contributed by atoms with van der Waals surface area (Å²) in [6.45, 7) is 17.1. The van der Waals surface area contributed by atoms with Crippen LogP contribution in [0.1, 0.15) is 19.3 Å². The normalized spacial score (nSPS) is 25.8. The van der Waals surface area contributed by atoms with E-state index in [1.165, 1.54) is 11.1 Å². The molecular weight excluding hydrogens is 258 g/mol. The second-order valence-electron chi connectivity index (χ2n) is 6.17. The summed E-state index contributed by atoms with van der Waals surface area (Å²) in [5, 5.41) is 0. The molecule has 3 nitrogen and oxygen atoms in total. The SMILES string of the molecule is C#CCC(=C)C(CN)N1CCN(C2CC(=C)CC2=C)CC1. The van der Waals surface area contributed by atoms with Crippen LogP contribution in [-0.2, 0) is 0 Å². The molecular formula is C18H27N3. The molecule has 2 unspecified atom stereocenters. The van der Waals surface area contributed by atoms with Crippen LogP contribution in [-0.4, -0.2) is 54.6 Å². The minimum absolute atomic E-state index is 0.213. The summed E-state index contributed by atoms with van der Waals surface area (Å²) in [7, 11) is 0. The van der Waals surface area contributed by atoms with Gasteiger partial charge in [-0.2, -0.15) is 0 Å². The van der Waals surface area contributed by atoms with Crippen LogP contribution >= 0.6 is 0 Å². The van der Waals surface area contributed by atoms with Crippen LogP contribution in [0.5, 0.6) is 0 Å². The summed E-state index contributed by atoms with van der Waals surface area (Å²) < 4.78 is 0. The first-order valence-corrected chi connectivity index (χ1v) is 7.70. The molecule has 0 aromatic carbocycles. The van der Waals surface area contributed by atoms with E-state index >= 15 is 0 Å². The lowest BCUT2D eigenvalue weighted by atomic mass is 10.0. The Hall–Kier alpha value is -1.34. The summed E-state index contributed by atoms with van der Waals surface area (Å²) in [5.74, 6) is 2.67. The highest BCUT2D eigenvalue weighted by molar-refractivity contribution is 5.26. The third-order valence-corrected chi connectivity index (χ3v) is 4.68. The third-order valence-electron chi connectivity index (χ3n) is 4.68. The Labute approximate surface area is 129 Å². The second kappa shape index (κ2) is 7.09. The van der Waals surface area contributed by atoms with Crippen molar-refractivity contribution in [1.29, 1.82) is 0 Å². The van der Waals surface area contributed by atoms with E-state index in [0.717, 1.165) is 44.6 Å². The fourth-order valence-electron chi connectivity index (χ4n) is 3.50. The van der Waals surface area contributed by atoms with E-state index in [-0.39, 0.29) is 6.04 Å². The second-order valence-corrected chi connectivity index (χ2v) is 6.17. The molecule has 0 aromatic heterocycles. The topological polar surface area (TPSA) is 32.5 Å². The van der Waals surface area contributed by atoms with Gasteiger partial charge in [-0.25, -0.2) is 0 Å². The molecule has 2 aliphatic rings. The van der Waals surface area contributed by atoms with Crippen molar-refractivity contribution >= 4 is 0 Å². The Morgan fingerprint density at radius 1 is 1.33 bits per heavy atom. The molecule has 114 valence electrons. The van der Waals surface area contributed by atoms with Crippen LogP contribution in [0.2, 0.25) is 0 Å². The first kappa shape index (κ1) is 16.0. The van der Waals surface area contributed by atoms with Crippen molar-refractivity contribution in [1.82, 2.24) is 9.80 Å². The van der Waals surface area contributed by atoms with Crippen LogP contribution in [0, 0.1) is 12.3 Å². The smallest absolute Gasteiger partial charge is 0.0438 e. The predicted octanol–water partition coefficient (Wildman–Crippen LogP) is 1.79. The van der Waals surface area contributed by atoms with E-state index in [4.69, 9.17) is 12.2 Å². The number of hydrogen-bond acceptors (Lipinski definition) is 3. The van der Waals surface area contributed by atoms with Crippen molar-refractivity contribution < 1.29 is 0 Å². The lowest BCUT2D eigenvalue weighted by Gasteiger charge is -2.42. The molecule has 2 fully saturated rings. The summed E-state index contributed by atoms with van der Waals surface area (Å²) >= 11 is 0. The van der Waals surface area contributed by atoms with Crippen molar-refractivity contribution in [2.24, 2.45) is 5.73 Å². The number of terminal acetylenes is 1. The first-order chi connectivity index (χ1) is 10.1. The molecule has 0 spiro atoms. The maximum Gasteiger partial charge on any atom is 0.0438 e. The Morgan fingerprint density at radius 2 is 2.00 bits per heavy atom. The minimum Gasteiger partial charge on any atom is -0.329 e. The molecule has 0 amide bonds. The van der Waals surface area contributed by atoms with Gasteiger partial charge in [0.05, 0.1) is 0 Å². The highest BCUT2D eigenvalue weighted by Crippen LogP contribution is 2.32. The largest absolute Gasteiger partial charge is 0.329 e. The summed E-state index contributed by atoms with van der Waals surface area (Å²) in [5.41, 5.74) is 9.62. The Bertz CT molecular complexity index is 463. The maximum absolute atomic E-state index is 5.92. The average molecular weight is 285 g/mol. The van der Waals surface area contributed by atoms with Crippen LogP contribution in [0.4, 0.5) is 0 Å². The zero-order valence-electron chi connectivity index (χ0n) is 13.0. The predicted molar refractivity (Wildman–Crippen MR) is 89.9 cm³/mol. The molecule has 2 atom stereocenters. The van der Waals surface area contributed by atoms with E-state index in [1.807, 2.05) is 0 Å². The molecule has 1 aliphatic heterocycles. The lowest BCUT2D eigenvalue weighted by molar-refractivity contribution is 0.0924. The first-order valence-electron chi connectivity index (χ1n) is 7.70. The molecule has 2 N–H and O–H groups in total. The van der Waals surface area contributed by atoms with Gasteiger partial charge in [0.2, 0.25) is 0 Å². The minimum atomic E-state index is 0.213. The van der Waals surface area contributed by atoms with E-state index in [1.54, 1.807) is 0 Å². The molecule has 3 heteroatoms. The van der Waals surface area contributed by atoms with Crippen LogP contribution in [0.15, 0.2) is 36.5 Å². The number of nitrogens with two attached hydrogens (primary N) is 1. The standard InChI is InChI=1S/C18H27N3/c1-5-6-15(3)18(13-19)21-9-7-20(8-10-21)17-12-14(2)11-16(17)4/h1,17-18H,2-4,6-13,19H2. The van der Waals surface area contributed by atoms with Crippen LogP contribution < -0.4 is 5.73 Å². The molecule has 1 saturated heterocycles. The van der Waals surface area contributed by atoms with Gasteiger partial charge in [-0.3, -0.25) is 9.80 Å². The fourth-order valence-corrected chi connectivity index (χ4v) is 3.50. The van der Waals surface area contributed by atoms with Gasteiger partial charge in [-0.15, -0.1) is 12.3 Å². The fraction of sp³-hybridized carbons (Fsp3) is 0.556. The molecule has 21 heavy (non-hydrogen) atoms. The maximum atomic E-state index is 5.92. The summed E-state index contributed by atoms with van der Waals surface area (Å²) in [6.07, 6.45) is 8.07. The lowest BCUT2D eigenvalue weighted by Crippen LogP contribution is -2.54.